The lowest BCUT2D eigenvalue weighted by atomic mass is 9.87. The average molecular weight is 1440 g/mol. The van der Waals surface area contributed by atoms with Crippen LogP contribution in [0.5, 0.6) is 46.0 Å². The Hall–Kier alpha value is -9.20. The van der Waals surface area contributed by atoms with Gasteiger partial charge < -0.3 is 128 Å². The zero-order valence-electron chi connectivity index (χ0n) is 53.4. The molecule has 7 amide bonds. The van der Waals surface area contributed by atoms with E-state index in [2.05, 4.69) is 37.2 Å². The first-order valence-corrected chi connectivity index (χ1v) is 32.0. The Morgan fingerprint density at radius 3 is 1.91 bits per heavy atom. The van der Waals surface area contributed by atoms with E-state index >= 15 is 14.4 Å². The zero-order chi connectivity index (χ0) is 72.6. The molecule has 0 spiro atoms. The summed E-state index contributed by atoms with van der Waals surface area (Å²) >= 11 is 14.1. The first-order chi connectivity index (χ1) is 47.3. The summed E-state index contributed by atoms with van der Waals surface area (Å²) in [7, 11) is 1.47. The molecule has 536 valence electrons. The summed E-state index contributed by atoms with van der Waals surface area (Å²) < 4.78 is 38.1. The fraction of sp³-hybridized carbons (Fsp3) is 0.415. The molecule has 7 heterocycles. The van der Waals surface area contributed by atoms with E-state index in [1.165, 1.54) is 26.1 Å². The van der Waals surface area contributed by atoms with Gasteiger partial charge in [0.25, 0.3) is 0 Å². The van der Waals surface area contributed by atoms with Crippen molar-refractivity contribution in [3.05, 3.63) is 117 Å². The van der Waals surface area contributed by atoms with Gasteiger partial charge in [0.2, 0.25) is 53.4 Å². The normalized spacial score (nSPS) is 28.9. The van der Waals surface area contributed by atoms with Gasteiger partial charge in [0.15, 0.2) is 29.9 Å². The number of aliphatic hydroxyl groups excluding tert-OH is 6. The number of nitrogens with one attached hydrogen (secondary N) is 7. The summed E-state index contributed by atoms with van der Waals surface area (Å²) in [5, 5.41) is 130. The molecular weight excluding hydrogens is 1360 g/mol. The van der Waals surface area contributed by atoms with Gasteiger partial charge in [0, 0.05) is 29.7 Å². The van der Waals surface area contributed by atoms with Crippen LogP contribution in [0.4, 0.5) is 0 Å². The standard InChI is InChI=1S/C65H73Cl2N9O24/c1-22(2)11-35(70-4)58(87)75-49-52(83)24-5-9-38(32(66)12-24)96-40-14-26-15-41(56(40)100-65-57(55(86)54(85)42(21-77)98-65)99-44-19-34(68)51(82)23(3)95-44)97-39-10-6-25(13-33(39)67)53(84)50-63(92)74-48(64(93)94)31-17-28(79)18-37(80)45(31)30-16-27(78)7-8-29(30)47(61(90)76-50)73-60(89)46(26)72-59(88)36(20-43(69)81)71-62(49)91/h5-10,12-18,22-23,34-36,42,44,46-55,57,65,70,77-80,82-86H,11,19-21,68H2,1-4H3,(H2,69,81)(H,71,91)(H,72,88)(H,73,89)(H,74,92)(H,75,87)(H,76,90)(H,93,94)/t23?,34-,35-,36-,42-,44+,46-,47-,48+,49-,50+,51+,52-,53-,54+,55?,57?,65-/m1/s1. The first kappa shape index (κ1) is 73.5. The number of benzene rings is 5. The molecule has 21 N–H and O–H groups in total. The highest BCUT2D eigenvalue weighted by molar-refractivity contribution is 6.32. The van der Waals surface area contributed by atoms with Crippen molar-refractivity contribution in [1.29, 1.82) is 0 Å². The van der Waals surface area contributed by atoms with Crippen LogP contribution in [-0.4, -0.2) is 191 Å². The molecule has 18 atom stereocenters. The third-order valence-electron chi connectivity index (χ3n) is 17.4. The molecule has 33 nitrogen and oxygen atoms in total. The Balaban J connectivity index is 1.25. The minimum atomic E-state index is -2.38. The van der Waals surface area contributed by atoms with Crippen LogP contribution in [0.1, 0.15) is 98.2 Å². The smallest absolute Gasteiger partial charge is 0.330 e. The summed E-state index contributed by atoms with van der Waals surface area (Å²) in [6.45, 7) is 4.14. The number of likely N-dealkylation sites (N-methyl/N-ethyl adjacent to an activating group) is 1. The number of rotatable bonds is 13. The highest BCUT2D eigenvalue weighted by Gasteiger charge is 2.50. The summed E-state index contributed by atoms with van der Waals surface area (Å²) in [6.07, 6.45) is -18.4. The van der Waals surface area contributed by atoms with E-state index in [9.17, 15) is 75.0 Å². The van der Waals surface area contributed by atoms with Gasteiger partial charge in [-0.3, -0.25) is 33.6 Å². The molecule has 12 rings (SSSR count). The number of aliphatic hydroxyl groups is 6. The fourth-order valence-corrected chi connectivity index (χ4v) is 12.7. The lowest BCUT2D eigenvalue weighted by molar-refractivity contribution is -0.330. The fourth-order valence-electron chi connectivity index (χ4n) is 12.3. The topological polar surface area (TPSA) is 530 Å². The lowest BCUT2D eigenvalue weighted by Gasteiger charge is -2.44. The van der Waals surface area contributed by atoms with Crippen molar-refractivity contribution in [2.45, 2.75) is 150 Å². The molecule has 2 saturated heterocycles. The van der Waals surface area contributed by atoms with Crippen LogP contribution in [0, 0.1) is 5.92 Å². The number of primary amides is 1. The van der Waals surface area contributed by atoms with Crippen LogP contribution in [0.15, 0.2) is 78.9 Å². The average Bonchev–Trinajstić information content (AvgIpc) is 1.00. The van der Waals surface area contributed by atoms with E-state index in [1.807, 2.05) is 13.8 Å². The quantitative estimate of drug-likeness (QED) is 0.0720. The van der Waals surface area contributed by atoms with E-state index in [-0.39, 0.29) is 40.7 Å². The molecule has 0 saturated carbocycles. The Labute approximate surface area is 577 Å². The molecular formula is C65H73Cl2N9O24. The number of nitrogens with two attached hydrogens (primary N) is 2. The van der Waals surface area contributed by atoms with E-state index in [4.69, 9.17) is 63.1 Å². The van der Waals surface area contributed by atoms with Crippen LogP contribution in [0.2, 0.25) is 10.0 Å². The minimum absolute atomic E-state index is 0.101. The Morgan fingerprint density at radius 2 is 1.32 bits per heavy atom. The molecule has 100 heavy (non-hydrogen) atoms. The molecule has 0 aliphatic carbocycles. The number of phenolic OH excluding ortho intramolecular Hbond substituents is 3. The van der Waals surface area contributed by atoms with E-state index in [0.29, 0.717) is 0 Å². The number of fused-ring (bicyclic) bond motifs is 14. The van der Waals surface area contributed by atoms with Gasteiger partial charge in [-0.1, -0.05) is 55.2 Å². The highest BCUT2D eigenvalue weighted by Crippen LogP contribution is 2.50. The van der Waals surface area contributed by atoms with Crippen molar-refractivity contribution >= 4 is 70.5 Å². The van der Waals surface area contributed by atoms with Gasteiger partial charge in [-0.2, -0.15) is 0 Å². The highest BCUT2D eigenvalue weighted by atomic mass is 35.5. The predicted octanol–water partition coefficient (Wildman–Crippen LogP) is -0.284. The van der Waals surface area contributed by atoms with Crippen molar-refractivity contribution in [1.82, 2.24) is 37.2 Å². The molecule has 5 aromatic rings. The molecule has 2 fully saturated rings. The number of amides is 7. The van der Waals surface area contributed by atoms with Gasteiger partial charge in [-0.05, 0) is 109 Å². The number of aromatic hydroxyl groups is 3. The number of hydrogen-bond acceptors (Lipinski definition) is 25. The summed E-state index contributed by atoms with van der Waals surface area (Å²) in [5.74, 6) is -16.1. The van der Waals surface area contributed by atoms with Crippen molar-refractivity contribution in [3.8, 4) is 57.1 Å². The number of carbonyl (C=O) groups is 8. The lowest BCUT2D eigenvalue weighted by Crippen LogP contribution is -2.62. The number of carboxylic acid groups (broad SMARTS) is 1. The summed E-state index contributed by atoms with van der Waals surface area (Å²) in [4.78, 5) is 117. The van der Waals surface area contributed by atoms with Crippen LogP contribution >= 0.6 is 23.2 Å². The van der Waals surface area contributed by atoms with E-state index in [0.717, 1.165) is 66.7 Å². The second-order valence-corrected chi connectivity index (χ2v) is 25.8. The SMILES string of the molecule is CN[C@H](CC(C)C)C(=O)N[C@H]1C(=O)N[C@H](CC(N)=O)C(=O)N[C@H]2C(=O)N[C@H]3C(=O)N[C@H](C(=O)N[C@H](C(=O)O)c4cc(O)cc(O)c4-c4cc(O)ccc43)[C@H](O)c3ccc(c(Cl)c3)Oc3cc2cc(c3O[C@H]2O[C@H](CO)[C@H](O)C(O)C2O[C@H]2C[C@@H](N)[C@@H](O)C(C)O2)Oc2ccc(cc2Cl)[C@H]1O. The number of hydrogen-bond donors (Lipinski definition) is 19. The van der Waals surface area contributed by atoms with Crippen LogP contribution in [-0.2, 0) is 52.6 Å². The van der Waals surface area contributed by atoms with Crippen molar-refractivity contribution in [3.63, 3.8) is 0 Å². The van der Waals surface area contributed by atoms with Gasteiger partial charge >= 0.3 is 5.97 Å². The number of aliphatic carboxylic acids is 1. The molecule has 3 unspecified atom stereocenters. The second kappa shape index (κ2) is 30.3. The largest absolute Gasteiger partial charge is 0.508 e. The van der Waals surface area contributed by atoms with Gasteiger partial charge in [-0.25, -0.2) is 4.79 Å². The van der Waals surface area contributed by atoms with Gasteiger partial charge in [0.05, 0.1) is 41.3 Å². The van der Waals surface area contributed by atoms with Crippen molar-refractivity contribution in [2.24, 2.45) is 17.4 Å². The number of carbonyl (C=O) groups excluding carboxylic acids is 7. The maximum Gasteiger partial charge on any atom is 0.330 e. The van der Waals surface area contributed by atoms with Crippen LogP contribution < -0.4 is 62.9 Å². The molecule has 7 aliphatic rings. The Bertz CT molecular complexity index is 4010. The van der Waals surface area contributed by atoms with Crippen molar-refractivity contribution < 1.29 is 118 Å². The molecule has 9 bridgehead atoms. The third-order valence-corrected chi connectivity index (χ3v) is 18.0. The molecule has 7 aliphatic heterocycles. The monoisotopic (exact) mass is 1430 g/mol. The van der Waals surface area contributed by atoms with Crippen molar-refractivity contribution in [2.75, 3.05) is 13.7 Å². The third kappa shape index (κ3) is 15.6. The zero-order valence-corrected chi connectivity index (χ0v) is 54.9. The molecule has 0 aromatic heterocycles. The number of ether oxygens (including phenoxy) is 6. The van der Waals surface area contributed by atoms with E-state index < -0.39 is 243 Å². The summed E-state index contributed by atoms with van der Waals surface area (Å²) in [6, 6.07) is -1.95. The van der Waals surface area contributed by atoms with Gasteiger partial charge in [-0.15, -0.1) is 0 Å². The first-order valence-electron chi connectivity index (χ1n) is 31.3. The number of carboxylic acids is 1. The maximum atomic E-state index is 16.1. The second-order valence-electron chi connectivity index (χ2n) is 24.9. The molecule has 0 radical (unpaired) electrons. The predicted molar refractivity (Wildman–Crippen MR) is 345 cm³/mol. The van der Waals surface area contributed by atoms with E-state index in [1.54, 1.807) is 0 Å². The summed E-state index contributed by atoms with van der Waals surface area (Å²) in [5.41, 5.74) is 9.02. The Kier molecular flexibility index (Phi) is 22.3. The molecule has 35 heteroatoms. The van der Waals surface area contributed by atoms with Crippen LogP contribution in [0.25, 0.3) is 11.1 Å². The van der Waals surface area contributed by atoms with Gasteiger partial charge in [0.1, 0.15) is 89.5 Å². The number of phenols is 3. The molecule has 5 aromatic carbocycles. The minimum Gasteiger partial charge on any atom is -0.508 e. The Morgan fingerprint density at radius 1 is 0.690 bits per heavy atom. The van der Waals surface area contributed by atoms with Crippen LogP contribution in [0.3, 0.4) is 0 Å². The number of halogens is 2. The maximum absolute atomic E-state index is 16.1.